The molecule has 0 aliphatic heterocycles. The van der Waals surface area contributed by atoms with Crippen LogP contribution in [0.1, 0.15) is 37.9 Å². The van der Waals surface area contributed by atoms with Crippen LogP contribution in [0.5, 0.6) is 28.7 Å². The number of rotatable bonds is 11. The zero-order valence-electron chi connectivity index (χ0n) is 20.1. The van der Waals surface area contributed by atoms with Crippen molar-refractivity contribution in [3.63, 3.8) is 0 Å². The van der Waals surface area contributed by atoms with Crippen LogP contribution in [0, 0.1) is 0 Å². The fourth-order valence-corrected chi connectivity index (χ4v) is 3.24. The van der Waals surface area contributed by atoms with Gasteiger partial charge < -0.3 is 34.3 Å². The summed E-state index contributed by atoms with van der Waals surface area (Å²) in [7, 11) is 6.53. The molecule has 0 heterocycles. The molecule has 8 nitrogen and oxygen atoms in total. The second kappa shape index (κ2) is 12.5. The number of guanidine groups is 1. The van der Waals surface area contributed by atoms with Crippen LogP contribution in [-0.2, 0) is 6.54 Å². The fraction of sp³-hybridized carbons (Fsp3) is 0.458. The molecule has 0 spiro atoms. The van der Waals surface area contributed by atoms with Crippen LogP contribution < -0.4 is 34.3 Å². The Morgan fingerprint density at radius 2 is 1.50 bits per heavy atom. The van der Waals surface area contributed by atoms with Crippen molar-refractivity contribution in [3.8, 4) is 28.7 Å². The first-order chi connectivity index (χ1) is 15.5. The van der Waals surface area contributed by atoms with Crippen LogP contribution in [0.3, 0.4) is 0 Å². The smallest absolute Gasteiger partial charge is 0.203 e. The Morgan fingerprint density at radius 3 is 2.03 bits per heavy atom. The number of hydrogen-bond acceptors (Lipinski definition) is 6. The lowest BCUT2D eigenvalue weighted by Crippen LogP contribution is -2.38. The zero-order chi connectivity index (χ0) is 23.5. The maximum atomic E-state index is 5.75. The highest BCUT2D eigenvalue weighted by Gasteiger charge is 2.15. The van der Waals surface area contributed by atoms with E-state index in [4.69, 9.17) is 23.7 Å². The molecule has 0 aliphatic rings. The average Bonchev–Trinajstić information content (AvgIpc) is 2.82. The Morgan fingerprint density at radius 1 is 0.875 bits per heavy atom. The molecule has 2 aromatic carbocycles. The van der Waals surface area contributed by atoms with Crippen LogP contribution in [0.15, 0.2) is 35.3 Å². The molecule has 0 aromatic heterocycles. The van der Waals surface area contributed by atoms with E-state index in [2.05, 4.69) is 22.5 Å². The molecule has 0 saturated heterocycles. The summed E-state index contributed by atoms with van der Waals surface area (Å²) in [5, 5.41) is 6.74. The third kappa shape index (κ3) is 6.35. The number of nitrogens with one attached hydrogen (secondary N) is 2. The van der Waals surface area contributed by atoms with Crippen molar-refractivity contribution in [2.24, 2.45) is 4.99 Å². The summed E-state index contributed by atoms with van der Waals surface area (Å²) in [5.74, 6) is 3.93. The second-order valence-electron chi connectivity index (χ2n) is 6.90. The van der Waals surface area contributed by atoms with Gasteiger partial charge in [-0.05, 0) is 56.2 Å². The summed E-state index contributed by atoms with van der Waals surface area (Å²) in [5.41, 5.74) is 2.03. The molecular formula is C24H35N3O5. The van der Waals surface area contributed by atoms with Gasteiger partial charge in [-0.25, -0.2) is 0 Å². The Balaban J connectivity index is 2.10. The van der Waals surface area contributed by atoms with Gasteiger partial charge in [0.05, 0.1) is 40.6 Å². The molecule has 0 saturated carbocycles. The lowest BCUT2D eigenvalue weighted by molar-refractivity contribution is 0.287. The van der Waals surface area contributed by atoms with E-state index < -0.39 is 0 Å². The van der Waals surface area contributed by atoms with Crippen LogP contribution in [0.25, 0.3) is 0 Å². The van der Waals surface area contributed by atoms with Crippen molar-refractivity contribution < 1.29 is 23.7 Å². The highest BCUT2D eigenvalue weighted by atomic mass is 16.5. The van der Waals surface area contributed by atoms with Crippen LogP contribution in [-0.4, -0.2) is 47.6 Å². The maximum absolute atomic E-state index is 5.75. The fourth-order valence-electron chi connectivity index (χ4n) is 3.24. The average molecular weight is 446 g/mol. The van der Waals surface area contributed by atoms with Gasteiger partial charge in [-0.15, -0.1) is 0 Å². The number of hydrogen-bond donors (Lipinski definition) is 2. The quantitative estimate of drug-likeness (QED) is 0.400. The number of ether oxygens (including phenoxy) is 5. The van der Waals surface area contributed by atoms with Crippen molar-refractivity contribution in [1.82, 2.24) is 10.6 Å². The predicted octanol–water partition coefficient (Wildman–Crippen LogP) is 3.94. The molecule has 0 fully saturated rings. The third-order valence-corrected chi connectivity index (χ3v) is 4.83. The first kappa shape index (κ1) is 25.0. The van der Waals surface area contributed by atoms with Crippen LogP contribution in [0.4, 0.5) is 0 Å². The molecule has 2 rings (SSSR count). The lowest BCUT2D eigenvalue weighted by Gasteiger charge is -2.20. The zero-order valence-corrected chi connectivity index (χ0v) is 20.1. The molecule has 1 atom stereocenters. The van der Waals surface area contributed by atoms with Crippen LogP contribution in [0.2, 0.25) is 0 Å². The van der Waals surface area contributed by atoms with Crippen molar-refractivity contribution in [2.75, 3.05) is 41.6 Å². The number of aliphatic imine (C=N–C) groups is 1. The molecule has 0 amide bonds. The summed E-state index contributed by atoms with van der Waals surface area (Å²) < 4.78 is 27.7. The van der Waals surface area contributed by atoms with Gasteiger partial charge in [-0.1, -0.05) is 6.07 Å². The van der Waals surface area contributed by atoms with Crippen molar-refractivity contribution in [1.29, 1.82) is 0 Å². The van der Waals surface area contributed by atoms with E-state index in [1.807, 2.05) is 44.2 Å². The second-order valence-corrected chi connectivity index (χ2v) is 6.90. The Labute approximate surface area is 190 Å². The molecule has 0 bridgehead atoms. The van der Waals surface area contributed by atoms with E-state index in [0.717, 1.165) is 22.6 Å². The minimum atomic E-state index is -0.00368. The Hall–Kier alpha value is -3.29. The van der Waals surface area contributed by atoms with E-state index in [9.17, 15) is 0 Å². The largest absolute Gasteiger partial charge is 0.493 e. The molecule has 2 N–H and O–H groups in total. The normalized spacial score (nSPS) is 12.0. The van der Waals surface area contributed by atoms with E-state index in [-0.39, 0.29) is 6.04 Å². The first-order valence-corrected chi connectivity index (χ1v) is 10.7. The summed E-state index contributed by atoms with van der Waals surface area (Å²) >= 11 is 0. The summed E-state index contributed by atoms with van der Waals surface area (Å²) in [6.07, 6.45) is 0. The Bertz CT molecular complexity index is 876. The highest BCUT2D eigenvalue weighted by molar-refractivity contribution is 5.80. The maximum Gasteiger partial charge on any atom is 0.203 e. The van der Waals surface area contributed by atoms with E-state index >= 15 is 0 Å². The first-order valence-electron chi connectivity index (χ1n) is 10.7. The van der Waals surface area contributed by atoms with Crippen LogP contribution >= 0.6 is 0 Å². The summed E-state index contributed by atoms with van der Waals surface area (Å²) in [6, 6.07) is 9.78. The van der Waals surface area contributed by atoms with E-state index in [1.165, 1.54) is 0 Å². The molecular weight excluding hydrogens is 410 g/mol. The molecule has 32 heavy (non-hydrogen) atoms. The van der Waals surface area contributed by atoms with Crippen molar-refractivity contribution in [2.45, 2.75) is 33.4 Å². The highest BCUT2D eigenvalue weighted by Crippen LogP contribution is 2.38. The van der Waals surface area contributed by atoms with Gasteiger partial charge in [0.25, 0.3) is 0 Å². The minimum absolute atomic E-state index is 0.00368. The standard InChI is InChI=1S/C24H35N3O5/c1-8-31-19-11-10-18(14-20(19)32-9-2)16(3)27-24(25-4)26-15-17-12-21(28-5)23(30-7)22(13-17)29-6/h10-14,16H,8-9,15H2,1-7H3,(H2,25,26,27). The molecule has 2 aromatic rings. The molecule has 0 radical (unpaired) electrons. The van der Waals surface area contributed by atoms with Crippen molar-refractivity contribution >= 4 is 5.96 Å². The van der Waals surface area contributed by atoms with Gasteiger partial charge in [-0.3, -0.25) is 4.99 Å². The van der Waals surface area contributed by atoms with Crippen molar-refractivity contribution in [3.05, 3.63) is 41.5 Å². The SMILES string of the molecule is CCOc1ccc(C(C)NC(=NC)NCc2cc(OC)c(OC)c(OC)c2)cc1OCC. The monoisotopic (exact) mass is 445 g/mol. The summed E-state index contributed by atoms with van der Waals surface area (Å²) in [6.45, 7) is 7.67. The lowest BCUT2D eigenvalue weighted by atomic mass is 10.1. The molecule has 0 aliphatic carbocycles. The van der Waals surface area contributed by atoms with Gasteiger partial charge in [0.2, 0.25) is 5.75 Å². The van der Waals surface area contributed by atoms with Gasteiger partial charge >= 0.3 is 0 Å². The third-order valence-electron chi connectivity index (χ3n) is 4.83. The number of benzene rings is 2. The molecule has 176 valence electrons. The van der Waals surface area contributed by atoms with E-state index in [1.54, 1.807) is 28.4 Å². The predicted molar refractivity (Wildman–Crippen MR) is 127 cm³/mol. The van der Waals surface area contributed by atoms with Gasteiger partial charge in [0.1, 0.15) is 0 Å². The minimum Gasteiger partial charge on any atom is -0.493 e. The van der Waals surface area contributed by atoms with Gasteiger partial charge in [0.15, 0.2) is 29.0 Å². The molecule has 1 unspecified atom stereocenters. The van der Waals surface area contributed by atoms with Gasteiger partial charge in [-0.2, -0.15) is 0 Å². The Kier molecular flexibility index (Phi) is 9.78. The number of nitrogens with zero attached hydrogens (tertiary/aromatic N) is 1. The summed E-state index contributed by atoms with van der Waals surface area (Å²) in [4.78, 5) is 4.34. The topological polar surface area (TPSA) is 82.6 Å². The number of methoxy groups -OCH3 is 3. The van der Waals surface area contributed by atoms with E-state index in [0.29, 0.717) is 43.0 Å². The molecule has 8 heteroatoms. The van der Waals surface area contributed by atoms with Gasteiger partial charge in [0, 0.05) is 13.6 Å².